The molecule has 0 spiro atoms. The number of likely N-dealkylation sites (tertiary alicyclic amines) is 1. The zero-order valence-corrected chi connectivity index (χ0v) is 16.6. The first-order valence-electron chi connectivity index (χ1n) is 10.5. The Bertz CT molecular complexity index is 920. The van der Waals surface area contributed by atoms with E-state index >= 15 is 0 Å². The number of hydrogen-bond acceptors (Lipinski definition) is 4. The van der Waals surface area contributed by atoms with Crippen LogP contribution in [0.3, 0.4) is 0 Å². The molecule has 4 heterocycles. The van der Waals surface area contributed by atoms with Gasteiger partial charge in [-0.3, -0.25) is 14.6 Å². The van der Waals surface area contributed by atoms with Crippen molar-refractivity contribution in [3.63, 3.8) is 0 Å². The fourth-order valence-electron chi connectivity index (χ4n) is 4.15. The number of pyridine rings is 1. The van der Waals surface area contributed by atoms with E-state index in [0.717, 1.165) is 56.1 Å². The molecular formula is C23H27N3O3. The molecule has 0 bridgehead atoms. The van der Waals surface area contributed by atoms with Crippen LogP contribution >= 0.6 is 0 Å². The van der Waals surface area contributed by atoms with Gasteiger partial charge in [0.05, 0.1) is 17.5 Å². The van der Waals surface area contributed by atoms with E-state index in [4.69, 9.17) is 4.42 Å². The van der Waals surface area contributed by atoms with Crippen molar-refractivity contribution in [2.24, 2.45) is 5.92 Å². The molecule has 0 aromatic carbocycles. The Kier molecular flexibility index (Phi) is 6.08. The fourth-order valence-corrected chi connectivity index (χ4v) is 4.15. The third kappa shape index (κ3) is 4.75. The van der Waals surface area contributed by atoms with Gasteiger partial charge in [-0.05, 0) is 43.4 Å². The summed E-state index contributed by atoms with van der Waals surface area (Å²) >= 11 is 0. The number of aromatic nitrogens is 2. The molecule has 0 atom stereocenters. The van der Waals surface area contributed by atoms with Gasteiger partial charge in [0.2, 0.25) is 0 Å². The average Bonchev–Trinajstić information content (AvgIpc) is 3.43. The Morgan fingerprint density at radius 2 is 2.03 bits per heavy atom. The van der Waals surface area contributed by atoms with Crippen molar-refractivity contribution < 1.29 is 14.0 Å². The van der Waals surface area contributed by atoms with Gasteiger partial charge in [0.25, 0.3) is 5.91 Å². The van der Waals surface area contributed by atoms with Crippen LogP contribution in [-0.2, 0) is 0 Å². The number of hydrogen-bond donors (Lipinski definition) is 1. The summed E-state index contributed by atoms with van der Waals surface area (Å²) in [6, 6.07) is 5.51. The third-order valence-corrected chi connectivity index (χ3v) is 5.91. The third-order valence-electron chi connectivity index (χ3n) is 5.91. The molecule has 3 aromatic rings. The standard InChI is InChI=1S/C23H27N3O3/c27-22(21-14-19-15-24-10-6-20(19)25-21)5-3-1-2-4-17-7-11-26(12-8-17)23(28)18-9-13-29-16-18/h6,9-10,13-17,25H,1-5,7-8,11-12H2. The Morgan fingerprint density at radius 1 is 1.17 bits per heavy atom. The molecule has 0 saturated carbocycles. The highest BCUT2D eigenvalue weighted by atomic mass is 16.3. The monoisotopic (exact) mass is 393 g/mol. The number of unbranched alkanes of at least 4 members (excludes halogenated alkanes) is 2. The maximum Gasteiger partial charge on any atom is 0.257 e. The Balaban J connectivity index is 1.12. The van der Waals surface area contributed by atoms with Crippen LogP contribution in [0.15, 0.2) is 47.5 Å². The first kappa shape index (κ1) is 19.4. The zero-order chi connectivity index (χ0) is 20.1. The lowest BCUT2D eigenvalue weighted by molar-refractivity contribution is 0.0685. The zero-order valence-electron chi connectivity index (χ0n) is 16.6. The van der Waals surface area contributed by atoms with Gasteiger partial charge in [0.15, 0.2) is 5.78 Å². The van der Waals surface area contributed by atoms with Crippen molar-refractivity contribution in [3.8, 4) is 0 Å². The number of furan rings is 1. The Hall–Kier alpha value is -2.89. The van der Waals surface area contributed by atoms with Gasteiger partial charge in [0, 0.05) is 42.8 Å². The second-order valence-electron chi connectivity index (χ2n) is 7.92. The number of nitrogens with one attached hydrogen (secondary N) is 1. The van der Waals surface area contributed by atoms with Gasteiger partial charge < -0.3 is 14.3 Å². The van der Waals surface area contributed by atoms with Gasteiger partial charge in [-0.1, -0.05) is 19.3 Å². The van der Waals surface area contributed by atoms with Crippen molar-refractivity contribution >= 4 is 22.6 Å². The highest BCUT2D eigenvalue weighted by molar-refractivity contribution is 5.99. The molecule has 0 aliphatic carbocycles. The molecule has 0 unspecified atom stereocenters. The van der Waals surface area contributed by atoms with Gasteiger partial charge in [-0.2, -0.15) is 0 Å². The summed E-state index contributed by atoms with van der Waals surface area (Å²) in [5, 5.41) is 0.980. The molecule has 1 N–H and O–H groups in total. The number of fused-ring (bicyclic) bond motifs is 1. The lowest BCUT2D eigenvalue weighted by Gasteiger charge is -2.31. The molecule has 1 aliphatic heterocycles. The molecule has 6 nitrogen and oxygen atoms in total. The minimum absolute atomic E-state index is 0.0727. The minimum atomic E-state index is 0.0727. The highest BCUT2D eigenvalue weighted by Crippen LogP contribution is 2.24. The van der Waals surface area contributed by atoms with Crippen LogP contribution in [0.4, 0.5) is 0 Å². The first-order valence-corrected chi connectivity index (χ1v) is 10.5. The number of nitrogens with zero attached hydrogens (tertiary/aromatic N) is 2. The quantitative estimate of drug-likeness (QED) is 0.439. The summed E-state index contributed by atoms with van der Waals surface area (Å²) in [4.78, 5) is 33.9. The molecule has 6 heteroatoms. The molecule has 4 rings (SSSR count). The fraction of sp³-hybridized carbons (Fsp3) is 0.435. The van der Waals surface area contributed by atoms with Gasteiger partial charge in [-0.25, -0.2) is 0 Å². The number of carbonyl (C=O) groups excluding carboxylic acids is 2. The maximum absolute atomic E-state index is 12.4. The largest absolute Gasteiger partial charge is 0.472 e. The molecular weight excluding hydrogens is 366 g/mol. The van der Waals surface area contributed by atoms with Crippen LogP contribution in [0.2, 0.25) is 0 Å². The van der Waals surface area contributed by atoms with Crippen LogP contribution in [0, 0.1) is 5.92 Å². The number of amides is 1. The predicted octanol–water partition coefficient (Wildman–Crippen LogP) is 4.84. The lowest BCUT2D eigenvalue weighted by atomic mass is 9.91. The molecule has 1 aliphatic rings. The molecule has 29 heavy (non-hydrogen) atoms. The van der Waals surface area contributed by atoms with Crippen molar-refractivity contribution in [1.82, 2.24) is 14.9 Å². The van der Waals surface area contributed by atoms with Crippen LogP contribution in [0.25, 0.3) is 10.9 Å². The molecule has 1 saturated heterocycles. The smallest absolute Gasteiger partial charge is 0.257 e. The topological polar surface area (TPSA) is 79.2 Å². The van der Waals surface area contributed by atoms with E-state index in [9.17, 15) is 9.59 Å². The molecule has 3 aromatic heterocycles. The van der Waals surface area contributed by atoms with E-state index in [1.165, 1.54) is 12.7 Å². The number of carbonyl (C=O) groups is 2. The van der Waals surface area contributed by atoms with Crippen molar-refractivity contribution in [2.45, 2.75) is 44.9 Å². The van der Waals surface area contributed by atoms with E-state index in [0.29, 0.717) is 23.6 Å². The molecule has 152 valence electrons. The number of ketones is 1. The van der Waals surface area contributed by atoms with Crippen molar-refractivity contribution in [3.05, 3.63) is 54.4 Å². The average molecular weight is 393 g/mol. The number of aromatic amines is 1. The summed E-state index contributed by atoms with van der Waals surface area (Å²) < 4.78 is 5.01. The number of Topliss-reactive ketones (excluding diaryl/α,β-unsaturated/α-hetero) is 1. The molecule has 1 fully saturated rings. The summed E-state index contributed by atoms with van der Waals surface area (Å²) in [5.74, 6) is 0.927. The summed E-state index contributed by atoms with van der Waals surface area (Å²) in [7, 11) is 0. The van der Waals surface area contributed by atoms with E-state index in [1.54, 1.807) is 24.7 Å². The number of H-pyrrole nitrogens is 1. The van der Waals surface area contributed by atoms with E-state index in [1.807, 2.05) is 17.0 Å². The van der Waals surface area contributed by atoms with E-state index < -0.39 is 0 Å². The van der Waals surface area contributed by atoms with E-state index in [2.05, 4.69) is 9.97 Å². The predicted molar refractivity (Wildman–Crippen MR) is 111 cm³/mol. The normalized spacial score (nSPS) is 15.1. The van der Waals surface area contributed by atoms with Crippen LogP contribution in [0.1, 0.15) is 65.8 Å². The first-order chi connectivity index (χ1) is 14.2. The number of rotatable bonds is 8. The number of piperidine rings is 1. The van der Waals surface area contributed by atoms with Crippen molar-refractivity contribution in [2.75, 3.05) is 13.1 Å². The summed E-state index contributed by atoms with van der Waals surface area (Å²) in [6.45, 7) is 1.64. The second-order valence-corrected chi connectivity index (χ2v) is 7.92. The lowest BCUT2D eigenvalue weighted by Crippen LogP contribution is -2.38. The highest BCUT2D eigenvalue weighted by Gasteiger charge is 2.23. The van der Waals surface area contributed by atoms with Gasteiger partial charge >= 0.3 is 0 Å². The summed E-state index contributed by atoms with van der Waals surface area (Å²) in [5.41, 5.74) is 2.28. The Morgan fingerprint density at radius 3 is 2.79 bits per heavy atom. The Labute approximate surface area is 170 Å². The second kappa shape index (κ2) is 9.07. The van der Waals surface area contributed by atoms with Crippen LogP contribution in [-0.4, -0.2) is 39.6 Å². The van der Waals surface area contributed by atoms with Crippen LogP contribution in [0.5, 0.6) is 0 Å². The summed E-state index contributed by atoms with van der Waals surface area (Å²) in [6.07, 6.45) is 13.6. The van der Waals surface area contributed by atoms with Crippen molar-refractivity contribution in [1.29, 1.82) is 0 Å². The SMILES string of the molecule is O=C(CCCCCC1CCN(C(=O)c2ccoc2)CC1)c1cc2cnccc2[nH]1. The van der Waals surface area contributed by atoms with Gasteiger partial charge in [-0.15, -0.1) is 0 Å². The van der Waals surface area contributed by atoms with E-state index in [-0.39, 0.29) is 11.7 Å². The maximum atomic E-state index is 12.4. The minimum Gasteiger partial charge on any atom is -0.472 e. The van der Waals surface area contributed by atoms with Gasteiger partial charge in [0.1, 0.15) is 6.26 Å². The molecule has 0 radical (unpaired) electrons. The molecule has 1 amide bonds. The van der Waals surface area contributed by atoms with Crippen LogP contribution < -0.4 is 0 Å².